The second-order valence-corrected chi connectivity index (χ2v) is 5.60. The van der Waals surface area contributed by atoms with E-state index in [0.717, 1.165) is 26.0 Å². The van der Waals surface area contributed by atoms with Gasteiger partial charge in [-0.2, -0.15) is 5.10 Å². The summed E-state index contributed by atoms with van der Waals surface area (Å²) in [5, 5.41) is 8.72. The molecule has 0 fully saturated rings. The monoisotopic (exact) mass is 334 g/mol. The van der Waals surface area contributed by atoms with E-state index in [0.29, 0.717) is 11.5 Å². The number of H-pyrrole nitrogens is 1. The highest BCUT2D eigenvalue weighted by molar-refractivity contribution is 9.10. The summed E-state index contributed by atoms with van der Waals surface area (Å²) in [5.74, 6) is 0.537. The van der Waals surface area contributed by atoms with E-state index in [1.807, 2.05) is 24.5 Å². The molecular weight excluding hydrogens is 324 g/mol. The standard InChI is InChI=1S/C13H11BrN4S/c1-19-13-10(14)8(7-5-3-2-4-6-7)9-11(15)17-18-12(9)16-13/h2-6H,1H3,(H3,15,16,17,18). The maximum absolute atomic E-state index is 5.99. The molecule has 0 spiro atoms. The third kappa shape index (κ3) is 2.01. The number of aromatic amines is 1. The Balaban J connectivity index is 2.44. The first-order valence-electron chi connectivity index (χ1n) is 5.65. The van der Waals surface area contributed by atoms with Crippen LogP contribution in [0.5, 0.6) is 0 Å². The number of pyridine rings is 1. The number of fused-ring (bicyclic) bond motifs is 1. The molecule has 4 nitrogen and oxygen atoms in total. The predicted molar refractivity (Wildman–Crippen MR) is 83.2 cm³/mol. The van der Waals surface area contributed by atoms with Gasteiger partial charge in [-0.1, -0.05) is 30.3 Å². The highest BCUT2D eigenvalue weighted by atomic mass is 79.9. The van der Waals surface area contributed by atoms with Gasteiger partial charge in [0.1, 0.15) is 10.8 Å². The lowest BCUT2D eigenvalue weighted by Gasteiger charge is -2.09. The van der Waals surface area contributed by atoms with Crippen molar-refractivity contribution in [2.24, 2.45) is 0 Å². The predicted octanol–water partition coefficient (Wildman–Crippen LogP) is 3.69. The lowest BCUT2D eigenvalue weighted by atomic mass is 10.0. The van der Waals surface area contributed by atoms with E-state index in [1.54, 1.807) is 11.8 Å². The van der Waals surface area contributed by atoms with Crippen molar-refractivity contribution in [3.8, 4) is 11.1 Å². The maximum Gasteiger partial charge on any atom is 0.184 e. The summed E-state index contributed by atoms with van der Waals surface area (Å²) in [7, 11) is 0. The summed E-state index contributed by atoms with van der Waals surface area (Å²) in [6.07, 6.45) is 1.99. The first-order chi connectivity index (χ1) is 9.22. The summed E-state index contributed by atoms with van der Waals surface area (Å²) in [4.78, 5) is 4.49. The van der Waals surface area contributed by atoms with Crippen LogP contribution in [0.15, 0.2) is 39.8 Å². The van der Waals surface area contributed by atoms with E-state index in [9.17, 15) is 0 Å². The van der Waals surface area contributed by atoms with Crippen LogP contribution in [0.1, 0.15) is 0 Å². The van der Waals surface area contributed by atoms with Crippen molar-refractivity contribution in [3.05, 3.63) is 34.8 Å². The molecule has 0 bridgehead atoms. The summed E-state index contributed by atoms with van der Waals surface area (Å²) in [6.45, 7) is 0. The van der Waals surface area contributed by atoms with Gasteiger partial charge in [-0.3, -0.25) is 5.10 Å². The maximum atomic E-state index is 5.99. The van der Waals surface area contributed by atoms with Crippen LogP contribution in [0.3, 0.4) is 0 Å². The summed E-state index contributed by atoms with van der Waals surface area (Å²) in [5.41, 5.74) is 8.75. The number of benzene rings is 1. The van der Waals surface area contributed by atoms with Crippen LogP contribution in [0, 0.1) is 0 Å². The normalized spacial score (nSPS) is 11.1. The van der Waals surface area contributed by atoms with E-state index in [-0.39, 0.29) is 0 Å². The molecule has 0 unspecified atom stereocenters. The van der Waals surface area contributed by atoms with Crippen LogP contribution in [0.2, 0.25) is 0 Å². The highest BCUT2D eigenvalue weighted by Gasteiger charge is 2.18. The topological polar surface area (TPSA) is 67.6 Å². The number of nitrogen functional groups attached to an aromatic ring is 1. The largest absolute Gasteiger partial charge is 0.383 e. The quantitative estimate of drug-likeness (QED) is 0.701. The fourth-order valence-corrected chi connectivity index (χ4v) is 3.51. The number of hydrogen-bond donors (Lipinski definition) is 2. The second kappa shape index (κ2) is 4.86. The number of thioether (sulfide) groups is 1. The van der Waals surface area contributed by atoms with Crippen LogP contribution in [-0.4, -0.2) is 21.4 Å². The molecule has 0 aliphatic carbocycles. The number of anilines is 1. The number of aromatic nitrogens is 3. The molecule has 2 heterocycles. The molecule has 1 aromatic carbocycles. The van der Waals surface area contributed by atoms with Crippen molar-refractivity contribution in [2.75, 3.05) is 12.0 Å². The van der Waals surface area contributed by atoms with Crippen molar-refractivity contribution in [1.82, 2.24) is 15.2 Å². The van der Waals surface area contributed by atoms with E-state index in [2.05, 4.69) is 43.2 Å². The molecule has 3 rings (SSSR count). The van der Waals surface area contributed by atoms with Crippen LogP contribution >= 0.6 is 27.7 Å². The van der Waals surface area contributed by atoms with E-state index >= 15 is 0 Å². The van der Waals surface area contributed by atoms with Crippen LogP contribution in [0.25, 0.3) is 22.2 Å². The third-order valence-electron chi connectivity index (χ3n) is 2.90. The SMILES string of the molecule is CSc1nc2n[nH]c(N)c2c(-c2ccccc2)c1Br. The third-order valence-corrected chi connectivity index (χ3v) is 4.61. The Morgan fingerprint density at radius 1 is 1.26 bits per heavy atom. The second-order valence-electron chi connectivity index (χ2n) is 4.01. The smallest absolute Gasteiger partial charge is 0.184 e. The molecule has 0 aliphatic rings. The van der Waals surface area contributed by atoms with Gasteiger partial charge in [-0.25, -0.2) is 4.98 Å². The molecule has 0 saturated carbocycles. The Kier molecular flexibility index (Phi) is 3.20. The minimum Gasteiger partial charge on any atom is -0.383 e. The number of nitrogens with zero attached hydrogens (tertiary/aromatic N) is 2. The number of nitrogens with two attached hydrogens (primary N) is 1. The van der Waals surface area contributed by atoms with Crippen molar-refractivity contribution < 1.29 is 0 Å². The van der Waals surface area contributed by atoms with Gasteiger partial charge in [0, 0.05) is 5.56 Å². The fourth-order valence-electron chi connectivity index (χ4n) is 2.05. The van der Waals surface area contributed by atoms with Gasteiger partial charge in [-0.15, -0.1) is 11.8 Å². The van der Waals surface area contributed by atoms with Crippen molar-refractivity contribution in [1.29, 1.82) is 0 Å². The molecule has 19 heavy (non-hydrogen) atoms. The zero-order chi connectivity index (χ0) is 13.4. The molecular formula is C13H11BrN4S. The summed E-state index contributed by atoms with van der Waals surface area (Å²) < 4.78 is 0.951. The zero-order valence-electron chi connectivity index (χ0n) is 10.1. The molecule has 3 N–H and O–H groups in total. The van der Waals surface area contributed by atoms with Gasteiger partial charge >= 0.3 is 0 Å². The number of rotatable bonds is 2. The summed E-state index contributed by atoms with van der Waals surface area (Å²) >= 11 is 5.21. The van der Waals surface area contributed by atoms with Crippen LogP contribution in [-0.2, 0) is 0 Å². The molecule has 0 saturated heterocycles. The Bertz CT molecular complexity index is 739. The molecule has 96 valence electrons. The Morgan fingerprint density at radius 2 is 2.00 bits per heavy atom. The van der Waals surface area contributed by atoms with Gasteiger partial charge in [0.2, 0.25) is 0 Å². The molecule has 2 aromatic heterocycles. The van der Waals surface area contributed by atoms with Crippen molar-refractivity contribution in [3.63, 3.8) is 0 Å². The molecule has 3 aromatic rings. The van der Waals surface area contributed by atoms with Gasteiger partial charge in [0.05, 0.1) is 9.86 Å². The minimum absolute atomic E-state index is 0.537. The Hall–Kier alpha value is -1.53. The van der Waals surface area contributed by atoms with Crippen LogP contribution < -0.4 is 5.73 Å². The number of hydrogen-bond acceptors (Lipinski definition) is 4. The molecule has 0 aliphatic heterocycles. The van der Waals surface area contributed by atoms with Crippen molar-refractivity contribution >= 4 is 44.5 Å². The van der Waals surface area contributed by atoms with E-state index in [4.69, 9.17) is 5.73 Å². The first kappa shape index (κ1) is 12.5. The molecule has 6 heteroatoms. The van der Waals surface area contributed by atoms with Gasteiger partial charge in [-0.05, 0) is 27.7 Å². The van der Waals surface area contributed by atoms with E-state index < -0.39 is 0 Å². The Morgan fingerprint density at radius 3 is 2.68 bits per heavy atom. The molecule has 0 amide bonds. The molecule has 0 atom stereocenters. The first-order valence-corrected chi connectivity index (χ1v) is 7.66. The Labute approximate surface area is 122 Å². The lowest BCUT2D eigenvalue weighted by Crippen LogP contribution is -1.92. The summed E-state index contributed by atoms with van der Waals surface area (Å²) in [6, 6.07) is 10.1. The molecule has 0 radical (unpaired) electrons. The average Bonchev–Trinajstić information content (AvgIpc) is 2.80. The van der Waals surface area contributed by atoms with Gasteiger partial charge in [0.15, 0.2) is 5.65 Å². The highest BCUT2D eigenvalue weighted by Crippen LogP contribution is 2.40. The minimum atomic E-state index is 0.537. The number of nitrogens with one attached hydrogen (secondary N) is 1. The number of halogens is 1. The van der Waals surface area contributed by atoms with Gasteiger partial charge in [0.25, 0.3) is 0 Å². The van der Waals surface area contributed by atoms with Gasteiger partial charge < -0.3 is 5.73 Å². The van der Waals surface area contributed by atoms with Crippen LogP contribution in [0.4, 0.5) is 5.82 Å². The fraction of sp³-hybridized carbons (Fsp3) is 0.0769. The zero-order valence-corrected chi connectivity index (χ0v) is 12.5. The van der Waals surface area contributed by atoms with Crippen molar-refractivity contribution in [2.45, 2.75) is 5.03 Å². The average molecular weight is 335 g/mol. The van der Waals surface area contributed by atoms with E-state index in [1.165, 1.54) is 0 Å². The lowest BCUT2D eigenvalue weighted by molar-refractivity contribution is 1.07.